The molecule has 0 aliphatic carbocycles. The van der Waals surface area contributed by atoms with Crippen LogP contribution in [-0.4, -0.2) is 29.9 Å². The van der Waals surface area contributed by atoms with Gasteiger partial charge >= 0.3 is 0 Å². The van der Waals surface area contributed by atoms with Crippen molar-refractivity contribution in [3.63, 3.8) is 0 Å². The van der Waals surface area contributed by atoms with Crippen LogP contribution in [0.25, 0.3) is 113 Å². The topological polar surface area (TPSA) is 104 Å². The average Bonchev–Trinajstić information content (AvgIpc) is 3.96. The highest BCUT2D eigenvalue weighted by atomic mass is 16.3. The Morgan fingerprint density at radius 2 is 0.603 bits per heavy atom. The highest BCUT2D eigenvalue weighted by Gasteiger charge is 2.19. The molecular formula is C50H30N6O2. The summed E-state index contributed by atoms with van der Waals surface area (Å²) < 4.78 is 13.3. The van der Waals surface area contributed by atoms with Crippen molar-refractivity contribution in [3.05, 3.63) is 182 Å². The quantitative estimate of drug-likeness (QED) is 0.159. The lowest BCUT2D eigenvalue weighted by molar-refractivity contribution is 0.627. The van der Waals surface area contributed by atoms with Crippen molar-refractivity contribution in [2.75, 3.05) is 0 Å². The van der Waals surface area contributed by atoms with Crippen molar-refractivity contribution in [2.24, 2.45) is 0 Å². The Bertz CT molecular complexity index is 3160. The second-order valence-electron chi connectivity index (χ2n) is 13.9. The summed E-state index contributed by atoms with van der Waals surface area (Å²) in [5.74, 6) is 4.71. The molecule has 0 N–H and O–H groups in total. The van der Waals surface area contributed by atoms with Gasteiger partial charge in [0.1, 0.15) is 16.9 Å². The van der Waals surface area contributed by atoms with Crippen LogP contribution in [0.3, 0.4) is 0 Å². The molecule has 0 radical (unpaired) electrons. The first-order chi connectivity index (χ1) is 28.7. The van der Waals surface area contributed by atoms with E-state index in [-0.39, 0.29) is 0 Å². The molecule has 0 saturated carbocycles. The molecule has 8 heteroatoms. The molecule has 4 heterocycles. The molecule has 0 fully saturated rings. The maximum absolute atomic E-state index is 6.69. The summed E-state index contributed by atoms with van der Waals surface area (Å²) in [5.41, 5.74) is 6.90. The summed E-state index contributed by atoms with van der Waals surface area (Å²) in [7, 11) is 0. The molecule has 0 unspecified atom stereocenters. The Morgan fingerprint density at radius 1 is 0.259 bits per heavy atom. The van der Waals surface area contributed by atoms with E-state index in [9.17, 15) is 0 Å². The van der Waals surface area contributed by atoms with Crippen LogP contribution in [0.15, 0.2) is 191 Å². The number of nitrogens with zero attached hydrogens (tertiary/aromatic N) is 6. The van der Waals surface area contributed by atoms with Gasteiger partial charge in [0.05, 0.1) is 0 Å². The van der Waals surface area contributed by atoms with Crippen LogP contribution in [-0.2, 0) is 0 Å². The lowest BCUT2D eigenvalue weighted by atomic mass is 10.0. The van der Waals surface area contributed by atoms with Crippen LogP contribution >= 0.6 is 0 Å². The third-order valence-corrected chi connectivity index (χ3v) is 10.2. The van der Waals surface area contributed by atoms with Crippen LogP contribution in [0.1, 0.15) is 0 Å². The third-order valence-electron chi connectivity index (χ3n) is 10.2. The Labute approximate surface area is 332 Å². The van der Waals surface area contributed by atoms with Crippen LogP contribution in [0.2, 0.25) is 0 Å². The fraction of sp³-hybridized carbons (Fsp3) is 0. The normalized spacial score (nSPS) is 11.4. The van der Waals surface area contributed by atoms with E-state index in [0.717, 1.165) is 71.9 Å². The van der Waals surface area contributed by atoms with E-state index in [1.807, 2.05) is 146 Å². The molecule has 0 aliphatic rings. The number of benzene rings is 7. The van der Waals surface area contributed by atoms with Crippen molar-refractivity contribution >= 4 is 32.7 Å². The van der Waals surface area contributed by atoms with E-state index in [1.54, 1.807) is 0 Å². The Balaban J connectivity index is 0.988. The van der Waals surface area contributed by atoms with Gasteiger partial charge in [-0.15, -0.1) is 0 Å². The van der Waals surface area contributed by atoms with Gasteiger partial charge in [-0.05, 0) is 30.3 Å². The first-order valence-electron chi connectivity index (χ1n) is 18.9. The minimum Gasteiger partial charge on any atom is -0.455 e. The molecule has 0 saturated heterocycles. The Kier molecular flexibility index (Phi) is 7.96. The number of rotatable bonds is 7. The third kappa shape index (κ3) is 6.06. The lowest BCUT2D eigenvalue weighted by Crippen LogP contribution is -2.00. The zero-order valence-corrected chi connectivity index (χ0v) is 30.8. The highest BCUT2D eigenvalue weighted by Crippen LogP contribution is 2.39. The van der Waals surface area contributed by atoms with Gasteiger partial charge in [-0.2, -0.15) is 0 Å². The molecule has 7 aromatic carbocycles. The SMILES string of the molecule is c1ccc(-c2nc(-c3ccccc3)nc(-c3cccc(-c4cc5ccc6c(ccc7cc(-c8nc(-c9ccccc9)nc(-c9ccccc9)n8)oc76)c5o4)c3)n2)cc1. The van der Waals surface area contributed by atoms with Crippen LogP contribution < -0.4 is 0 Å². The van der Waals surface area contributed by atoms with Crippen LogP contribution in [0.4, 0.5) is 0 Å². The standard InChI is InChI=1S/C50H30N6O2/c1-5-14-31(15-6-1)45-51-46(32-16-7-2-8-17-32)54-49(53-45)38-23-13-22-35(28-38)41-29-36-24-26-40-39(43(36)57-41)27-25-37-30-42(58-44(37)40)50-55-47(33-18-9-3-10-19-33)52-48(56-50)34-20-11-4-12-21-34/h1-30H. The number of hydrogen-bond donors (Lipinski definition) is 0. The molecular weight excluding hydrogens is 717 g/mol. The minimum atomic E-state index is 0.461. The number of fused-ring (bicyclic) bond motifs is 5. The summed E-state index contributed by atoms with van der Waals surface area (Å²) in [5, 5.41) is 3.79. The number of aromatic nitrogens is 6. The van der Waals surface area contributed by atoms with E-state index in [2.05, 4.69) is 36.4 Å². The monoisotopic (exact) mass is 746 g/mol. The van der Waals surface area contributed by atoms with Gasteiger partial charge in [0.15, 0.2) is 40.7 Å². The van der Waals surface area contributed by atoms with E-state index in [1.165, 1.54) is 0 Å². The Hall–Kier alpha value is -8.10. The number of furan rings is 2. The molecule has 11 rings (SSSR count). The zero-order chi connectivity index (χ0) is 38.4. The summed E-state index contributed by atoms with van der Waals surface area (Å²) in [6.45, 7) is 0. The summed E-state index contributed by atoms with van der Waals surface area (Å²) in [4.78, 5) is 29.3. The molecule has 0 atom stereocenters. The first kappa shape index (κ1) is 33.3. The van der Waals surface area contributed by atoms with E-state index in [0.29, 0.717) is 40.7 Å². The maximum Gasteiger partial charge on any atom is 0.199 e. The van der Waals surface area contributed by atoms with Crippen molar-refractivity contribution in [1.82, 2.24) is 29.9 Å². The maximum atomic E-state index is 6.69. The van der Waals surface area contributed by atoms with Crippen LogP contribution in [0.5, 0.6) is 0 Å². The van der Waals surface area contributed by atoms with Gasteiger partial charge in [-0.1, -0.05) is 152 Å². The number of hydrogen-bond acceptors (Lipinski definition) is 8. The predicted molar refractivity (Wildman–Crippen MR) is 228 cm³/mol. The van der Waals surface area contributed by atoms with Crippen molar-refractivity contribution in [1.29, 1.82) is 0 Å². The van der Waals surface area contributed by atoms with Crippen molar-refractivity contribution in [3.8, 4) is 79.8 Å². The largest absolute Gasteiger partial charge is 0.455 e. The summed E-state index contributed by atoms with van der Waals surface area (Å²) in [6, 6.07) is 60.3. The van der Waals surface area contributed by atoms with Gasteiger partial charge in [0, 0.05) is 54.9 Å². The second-order valence-corrected chi connectivity index (χ2v) is 13.9. The lowest BCUT2D eigenvalue weighted by Gasteiger charge is -2.09. The molecule has 272 valence electrons. The summed E-state index contributed by atoms with van der Waals surface area (Å²) >= 11 is 0. The molecule has 8 nitrogen and oxygen atoms in total. The predicted octanol–water partition coefficient (Wildman–Crippen LogP) is 12.4. The molecule has 0 spiro atoms. The van der Waals surface area contributed by atoms with Gasteiger partial charge in [-0.3, -0.25) is 0 Å². The van der Waals surface area contributed by atoms with Gasteiger partial charge in [0.25, 0.3) is 0 Å². The molecule has 4 aromatic heterocycles. The molecule has 11 aromatic rings. The van der Waals surface area contributed by atoms with Gasteiger partial charge < -0.3 is 8.83 Å². The van der Waals surface area contributed by atoms with Crippen LogP contribution in [0, 0.1) is 0 Å². The fourth-order valence-electron chi connectivity index (χ4n) is 7.32. The summed E-state index contributed by atoms with van der Waals surface area (Å²) in [6.07, 6.45) is 0. The first-order valence-corrected chi connectivity index (χ1v) is 18.9. The molecule has 0 bridgehead atoms. The van der Waals surface area contributed by atoms with E-state index < -0.39 is 0 Å². The van der Waals surface area contributed by atoms with Gasteiger partial charge in [0.2, 0.25) is 0 Å². The minimum absolute atomic E-state index is 0.461. The van der Waals surface area contributed by atoms with E-state index >= 15 is 0 Å². The molecule has 58 heavy (non-hydrogen) atoms. The average molecular weight is 747 g/mol. The van der Waals surface area contributed by atoms with Gasteiger partial charge in [-0.25, -0.2) is 29.9 Å². The zero-order valence-electron chi connectivity index (χ0n) is 30.8. The molecule has 0 aliphatic heterocycles. The molecule has 0 amide bonds. The second kappa shape index (κ2) is 13.9. The van der Waals surface area contributed by atoms with Crippen molar-refractivity contribution < 1.29 is 8.83 Å². The smallest absolute Gasteiger partial charge is 0.199 e. The van der Waals surface area contributed by atoms with E-state index in [4.69, 9.17) is 38.7 Å². The van der Waals surface area contributed by atoms with Crippen molar-refractivity contribution in [2.45, 2.75) is 0 Å². The fourth-order valence-corrected chi connectivity index (χ4v) is 7.32. The Morgan fingerprint density at radius 3 is 1.05 bits per heavy atom. The highest BCUT2D eigenvalue weighted by molar-refractivity contribution is 6.14.